The maximum atomic E-state index is 13.4. The van der Waals surface area contributed by atoms with Crippen LogP contribution >= 0.6 is 0 Å². The van der Waals surface area contributed by atoms with Crippen LogP contribution in [0.2, 0.25) is 0 Å². The molecule has 2 N–H and O–H groups in total. The standard InChI is InChI=1S/C27H24FN3O3/c28-18-7-10-23-25(13-18)30-34-27(23)17-5-8-20(9-6-17)33-16-19(32)14-31-12-11-22-21-3-1-2-4-24(21)29-26(22)15-31/h1-10,13,19,29,32H,11-12,14-16H2/t19-/m1/s1. The van der Waals surface area contributed by atoms with Gasteiger partial charge in [0.1, 0.15) is 29.8 Å². The minimum atomic E-state index is -0.598. The quantitative estimate of drug-likeness (QED) is 0.379. The van der Waals surface area contributed by atoms with Crippen molar-refractivity contribution in [1.82, 2.24) is 15.0 Å². The van der Waals surface area contributed by atoms with E-state index in [1.54, 1.807) is 6.07 Å². The van der Waals surface area contributed by atoms with Crippen molar-refractivity contribution < 1.29 is 18.8 Å². The van der Waals surface area contributed by atoms with Gasteiger partial charge in [0.25, 0.3) is 0 Å². The molecule has 1 aliphatic rings. The number of aliphatic hydroxyl groups excluding tert-OH is 1. The molecule has 1 atom stereocenters. The Morgan fingerprint density at radius 1 is 1.09 bits per heavy atom. The molecule has 3 aromatic carbocycles. The highest BCUT2D eigenvalue weighted by molar-refractivity contribution is 5.91. The number of β-amino-alcohol motifs (C(OH)–C–C–N with tert-alkyl or cyclic N) is 1. The topological polar surface area (TPSA) is 74.5 Å². The van der Waals surface area contributed by atoms with Crippen molar-refractivity contribution in [2.45, 2.75) is 19.1 Å². The zero-order chi connectivity index (χ0) is 23.1. The van der Waals surface area contributed by atoms with Gasteiger partial charge in [-0.25, -0.2) is 4.39 Å². The van der Waals surface area contributed by atoms with E-state index in [1.807, 2.05) is 30.3 Å². The van der Waals surface area contributed by atoms with E-state index in [2.05, 4.69) is 33.2 Å². The molecule has 7 heteroatoms. The Balaban J connectivity index is 1.06. The molecular formula is C27H24FN3O3. The van der Waals surface area contributed by atoms with Crippen LogP contribution in [0.15, 0.2) is 71.3 Å². The number of para-hydroxylation sites is 1. The van der Waals surface area contributed by atoms with Crippen LogP contribution < -0.4 is 4.74 Å². The third-order valence-electron chi connectivity index (χ3n) is 6.43. The number of benzene rings is 3. The van der Waals surface area contributed by atoms with Gasteiger partial charge in [0.15, 0.2) is 5.76 Å². The Bertz CT molecular complexity index is 1460. The average Bonchev–Trinajstić information content (AvgIpc) is 3.43. The maximum absolute atomic E-state index is 13.4. The zero-order valence-electron chi connectivity index (χ0n) is 18.5. The van der Waals surface area contributed by atoms with Crippen molar-refractivity contribution in [1.29, 1.82) is 0 Å². The van der Waals surface area contributed by atoms with Gasteiger partial charge in [-0.3, -0.25) is 4.90 Å². The van der Waals surface area contributed by atoms with Crippen molar-refractivity contribution in [3.8, 4) is 17.1 Å². The largest absolute Gasteiger partial charge is 0.491 e. The van der Waals surface area contributed by atoms with Crippen LogP contribution in [-0.4, -0.2) is 45.9 Å². The van der Waals surface area contributed by atoms with Crippen molar-refractivity contribution >= 4 is 21.8 Å². The summed E-state index contributed by atoms with van der Waals surface area (Å²) in [6, 6.07) is 20.2. The summed E-state index contributed by atoms with van der Waals surface area (Å²) in [4.78, 5) is 5.78. The Kier molecular flexibility index (Phi) is 5.28. The lowest BCUT2D eigenvalue weighted by Crippen LogP contribution is -2.38. The highest BCUT2D eigenvalue weighted by atomic mass is 19.1. The fraction of sp³-hybridized carbons (Fsp3) is 0.222. The number of aromatic nitrogens is 2. The monoisotopic (exact) mass is 457 g/mol. The molecule has 0 saturated carbocycles. The number of nitrogens with zero attached hydrogens (tertiary/aromatic N) is 2. The molecule has 0 amide bonds. The minimum absolute atomic E-state index is 0.208. The summed E-state index contributed by atoms with van der Waals surface area (Å²) in [6.45, 7) is 2.47. The molecule has 0 fully saturated rings. The van der Waals surface area contributed by atoms with Gasteiger partial charge in [-0.2, -0.15) is 0 Å². The molecule has 0 bridgehead atoms. The van der Waals surface area contributed by atoms with Gasteiger partial charge in [0.2, 0.25) is 0 Å². The van der Waals surface area contributed by atoms with Gasteiger partial charge >= 0.3 is 0 Å². The molecular weight excluding hydrogens is 433 g/mol. The van der Waals surface area contributed by atoms with E-state index in [1.165, 1.54) is 34.3 Å². The first-order valence-electron chi connectivity index (χ1n) is 11.4. The first-order valence-corrected chi connectivity index (χ1v) is 11.4. The van der Waals surface area contributed by atoms with E-state index in [0.29, 0.717) is 23.6 Å². The molecule has 1 aliphatic heterocycles. The number of hydrogen-bond acceptors (Lipinski definition) is 5. The number of aliphatic hydroxyl groups is 1. The summed E-state index contributed by atoms with van der Waals surface area (Å²) in [5.41, 5.74) is 5.11. The van der Waals surface area contributed by atoms with Crippen LogP contribution in [-0.2, 0) is 13.0 Å². The summed E-state index contributed by atoms with van der Waals surface area (Å²) >= 11 is 0. The van der Waals surface area contributed by atoms with Crippen LogP contribution in [0.5, 0.6) is 5.75 Å². The highest BCUT2D eigenvalue weighted by Gasteiger charge is 2.22. The van der Waals surface area contributed by atoms with Crippen molar-refractivity contribution in [2.75, 3.05) is 19.7 Å². The molecule has 2 aromatic heterocycles. The van der Waals surface area contributed by atoms with E-state index in [9.17, 15) is 9.50 Å². The first kappa shape index (κ1) is 20.9. The Morgan fingerprint density at radius 2 is 1.94 bits per heavy atom. The fourth-order valence-electron chi connectivity index (χ4n) is 4.78. The van der Waals surface area contributed by atoms with Crippen molar-refractivity contribution in [3.63, 3.8) is 0 Å². The van der Waals surface area contributed by atoms with Crippen LogP contribution in [0.3, 0.4) is 0 Å². The number of rotatable bonds is 6. The molecule has 5 aromatic rings. The number of H-pyrrole nitrogens is 1. The molecule has 6 rings (SSSR count). The summed E-state index contributed by atoms with van der Waals surface area (Å²) in [5.74, 6) is 0.901. The van der Waals surface area contributed by atoms with E-state index < -0.39 is 6.10 Å². The van der Waals surface area contributed by atoms with Gasteiger partial charge in [-0.05, 0) is 54.4 Å². The summed E-state index contributed by atoms with van der Waals surface area (Å²) in [6.07, 6.45) is 0.371. The highest BCUT2D eigenvalue weighted by Crippen LogP contribution is 2.30. The SMILES string of the molecule is O[C@@H](COc1ccc(-c2onc3cc(F)ccc23)cc1)CN1CCc2c([nH]c3ccccc23)C1. The fourth-order valence-corrected chi connectivity index (χ4v) is 4.78. The van der Waals surface area contributed by atoms with Gasteiger partial charge in [0.05, 0.1) is 0 Å². The molecule has 0 radical (unpaired) electrons. The molecule has 0 aliphatic carbocycles. The summed E-state index contributed by atoms with van der Waals surface area (Å²) in [7, 11) is 0. The van der Waals surface area contributed by atoms with Crippen molar-refractivity contribution in [3.05, 3.63) is 83.8 Å². The number of nitrogens with one attached hydrogen (secondary N) is 1. The van der Waals surface area contributed by atoms with Gasteiger partial charge in [-0.1, -0.05) is 23.4 Å². The third-order valence-corrected chi connectivity index (χ3v) is 6.43. The van der Waals surface area contributed by atoms with Gasteiger partial charge in [-0.15, -0.1) is 0 Å². The summed E-state index contributed by atoms with van der Waals surface area (Å²) in [5, 5.41) is 16.6. The van der Waals surface area contributed by atoms with Crippen LogP contribution in [0.4, 0.5) is 4.39 Å². The lowest BCUT2D eigenvalue weighted by atomic mass is 10.0. The predicted octanol–water partition coefficient (Wildman–Crippen LogP) is 4.91. The molecule has 0 spiro atoms. The van der Waals surface area contributed by atoms with E-state index in [-0.39, 0.29) is 12.4 Å². The number of ether oxygens (including phenoxy) is 1. The lowest BCUT2D eigenvalue weighted by molar-refractivity contribution is 0.0634. The number of fused-ring (bicyclic) bond motifs is 4. The maximum Gasteiger partial charge on any atom is 0.174 e. The third kappa shape index (κ3) is 3.93. The number of halogens is 1. The molecule has 0 unspecified atom stereocenters. The number of hydrogen-bond donors (Lipinski definition) is 2. The Hall–Kier alpha value is -3.68. The number of aromatic amines is 1. The van der Waals surface area contributed by atoms with Gasteiger partial charge < -0.3 is 19.4 Å². The average molecular weight is 458 g/mol. The van der Waals surface area contributed by atoms with Crippen LogP contribution in [0.1, 0.15) is 11.3 Å². The summed E-state index contributed by atoms with van der Waals surface area (Å²) < 4.78 is 24.6. The Labute approximate surface area is 195 Å². The van der Waals surface area contributed by atoms with Gasteiger partial charge in [0, 0.05) is 53.2 Å². The second kappa shape index (κ2) is 8.59. The van der Waals surface area contributed by atoms with Crippen LogP contribution in [0, 0.1) is 5.82 Å². The predicted molar refractivity (Wildman–Crippen MR) is 128 cm³/mol. The molecule has 0 saturated heterocycles. The van der Waals surface area contributed by atoms with Crippen molar-refractivity contribution in [2.24, 2.45) is 0 Å². The second-order valence-corrected chi connectivity index (χ2v) is 8.78. The lowest BCUT2D eigenvalue weighted by Gasteiger charge is -2.28. The molecule has 6 nitrogen and oxygen atoms in total. The minimum Gasteiger partial charge on any atom is -0.491 e. The molecule has 34 heavy (non-hydrogen) atoms. The van der Waals surface area contributed by atoms with E-state index in [4.69, 9.17) is 9.26 Å². The Morgan fingerprint density at radius 3 is 2.82 bits per heavy atom. The normalized spacial score (nSPS) is 15.0. The first-order chi connectivity index (χ1) is 16.6. The van der Waals surface area contributed by atoms with E-state index in [0.717, 1.165) is 30.5 Å². The van der Waals surface area contributed by atoms with Crippen LogP contribution in [0.25, 0.3) is 33.1 Å². The smallest absolute Gasteiger partial charge is 0.174 e. The zero-order valence-corrected chi connectivity index (χ0v) is 18.5. The second-order valence-electron chi connectivity index (χ2n) is 8.78. The molecule has 172 valence electrons. The van der Waals surface area contributed by atoms with E-state index >= 15 is 0 Å². The molecule has 3 heterocycles.